The smallest absolute Gasteiger partial charge is 0.122 e. The Balaban J connectivity index is 2.51. The topological polar surface area (TPSA) is 40.5 Å². The fourth-order valence-electron chi connectivity index (χ4n) is 1.66. The fraction of sp³-hybridized carbons (Fsp3) is 0.400. The second kappa shape index (κ2) is 2.41. The molecule has 2 rings (SSSR count). The average molecular weight is 164 g/mol. The summed E-state index contributed by atoms with van der Waals surface area (Å²) in [6.45, 7) is 1.92. The Labute approximate surface area is 71.5 Å². The first-order valence-corrected chi connectivity index (χ1v) is 4.21. The molecule has 1 fully saturated rings. The van der Waals surface area contributed by atoms with Crippen LogP contribution in [0.15, 0.2) is 12.1 Å². The molecule has 0 heterocycles. The lowest BCUT2D eigenvalue weighted by molar-refractivity contribution is 0.445. The zero-order chi connectivity index (χ0) is 8.72. The maximum atomic E-state index is 9.52. The molecule has 0 amide bonds. The van der Waals surface area contributed by atoms with Gasteiger partial charge < -0.3 is 10.2 Å². The number of rotatable bonds is 1. The number of aromatic hydroxyl groups is 2. The van der Waals surface area contributed by atoms with Crippen molar-refractivity contribution in [2.75, 3.05) is 0 Å². The number of benzene rings is 1. The highest BCUT2D eigenvalue weighted by molar-refractivity contribution is 5.48. The van der Waals surface area contributed by atoms with Crippen molar-refractivity contribution in [3.05, 3.63) is 23.3 Å². The first-order chi connectivity index (χ1) is 5.68. The Hall–Kier alpha value is -1.18. The average Bonchev–Trinajstić information content (AvgIpc) is 2.68. The molecule has 2 nitrogen and oxygen atoms in total. The summed E-state index contributed by atoms with van der Waals surface area (Å²) in [5, 5.41) is 18.7. The van der Waals surface area contributed by atoms with E-state index in [1.54, 1.807) is 6.07 Å². The predicted molar refractivity (Wildman–Crippen MR) is 46.5 cm³/mol. The van der Waals surface area contributed by atoms with E-state index in [-0.39, 0.29) is 11.5 Å². The third-order valence-electron chi connectivity index (χ3n) is 2.34. The van der Waals surface area contributed by atoms with Crippen molar-refractivity contribution in [1.29, 1.82) is 0 Å². The largest absolute Gasteiger partial charge is 0.508 e. The second-order valence-corrected chi connectivity index (χ2v) is 3.47. The van der Waals surface area contributed by atoms with Crippen LogP contribution in [-0.2, 0) is 0 Å². The fourth-order valence-corrected chi connectivity index (χ4v) is 1.66. The number of hydrogen-bond donors (Lipinski definition) is 2. The standard InChI is InChI=1S/C10H12O2/c1-6-4-8(11)5-9(12)10(6)7-2-3-7/h4-5,7,11-12H,2-3H2,1H3. The summed E-state index contributed by atoms with van der Waals surface area (Å²) >= 11 is 0. The molecule has 0 radical (unpaired) electrons. The lowest BCUT2D eigenvalue weighted by Gasteiger charge is -2.07. The van der Waals surface area contributed by atoms with Crippen LogP contribution in [0.3, 0.4) is 0 Å². The summed E-state index contributed by atoms with van der Waals surface area (Å²) in [5.41, 5.74) is 2.02. The maximum absolute atomic E-state index is 9.52. The summed E-state index contributed by atoms with van der Waals surface area (Å²) in [6.07, 6.45) is 2.33. The van der Waals surface area contributed by atoms with E-state index in [1.807, 2.05) is 6.92 Å². The molecule has 1 aliphatic rings. The van der Waals surface area contributed by atoms with Crippen molar-refractivity contribution in [3.63, 3.8) is 0 Å². The lowest BCUT2D eigenvalue weighted by atomic mass is 10.0. The van der Waals surface area contributed by atoms with Crippen LogP contribution in [0.4, 0.5) is 0 Å². The number of hydrogen-bond acceptors (Lipinski definition) is 2. The molecular formula is C10H12O2. The van der Waals surface area contributed by atoms with Crippen molar-refractivity contribution in [2.24, 2.45) is 0 Å². The van der Waals surface area contributed by atoms with E-state index in [4.69, 9.17) is 5.11 Å². The number of phenolic OH excluding ortho intramolecular Hbond substituents is 2. The van der Waals surface area contributed by atoms with E-state index in [2.05, 4.69) is 0 Å². The molecule has 1 aromatic carbocycles. The minimum absolute atomic E-state index is 0.148. The van der Waals surface area contributed by atoms with Gasteiger partial charge in [0.15, 0.2) is 0 Å². The Morgan fingerprint density at radius 2 is 1.92 bits per heavy atom. The first kappa shape index (κ1) is 7.47. The van der Waals surface area contributed by atoms with Crippen molar-refractivity contribution in [2.45, 2.75) is 25.7 Å². The quantitative estimate of drug-likeness (QED) is 0.668. The monoisotopic (exact) mass is 164 g/mol. The minimum atomic E-state index is 0.148. The van der Waals surface area contributed by atoms with Gasteiger partial charge in [-0.3, -0.25) is 0 Å². The summed E-state index contributed by atoms with van der Waals surface area (Å²) in [7, 11) is 0. The zero-order valence-corrected chi connectivity index (χ0v) is 7.04. The van der Waals surface area contributed by atoms with E-state index >= 15 is 0 Å². The molecule has 0 atom stereocenters. The van der Waals surface area contributed by atoms with E-state index in [0.29, 0.717) is 5.92 Å². The minimum Gasteiger partial charge on any atom is -0.508 e. The Kier molecular flexibility index (Phi) is 1.50. The molecule has 0 aliphatic heterocycles. The Morgan fingerprint density at radius 1 is 1.25 bits per heavy atom. The molecule has 0 spiro atoms. The summed E-state index contributed by atoms with van der Waals surface area (Å²) in [4.78, 5) is 0. The van der Waals surface area contributed by atoms with Crippen LogP contribution in [0.2, 0.25) is 0 Å². The molecule has 64 valence electrons. The molecule has 1 aromatic rings. The molecular weight excluding hydrogens is 152 g/mol. The summed E-state index contributed by atoms with van der Waals surface area (Å²) < 4.78 is 0. The Morgan fingerprint density at radius 3 is 2.42 bits per heavy atom. The predicted octanol–water partition coefficient (Wildman–Crippen LogP) is 2.28. The van der Waals surface area contributed by atoms with Gasteiger partial charge in [-0.05, 0) is 37.3 Å². The van der Waals surface area contributed by atoms with Crippen molar-refractivity contribution >= 4 is 0 Å². The molecule has 0 bridgehead atoms. The third-order valence-corrected chi connectivity index (χ3v) is 2.34. The van der Waals surface area contributed by atoms with Gasteiger partial charge in [0.1, 0.15) is 11.5 Å². The Bertz CT molecular complexity index is 291. The highest BCUT2D eigenvalue weighted by Gasteiger charge is 2.27. The second-order valence-electron chi connectivity index (χ2n) is 3.47. The van der Waals surface area contributed by atoms with Gasteiger partial charge >= 0.3 is 0 Å². The normalized spacial score (nSPS) is 16.4. The molecule has 0 saturated heterocycles. The number of phenols is 2. The van der Waals surface area contributed by atoms with Crippen LogP contribution >= 0.6 is 0 Å². The number of aryl methyl sites for hydroxylation is 1. The van der Waals surface area contributed by atoms with E-state index < -0.39 is 0 Å². The van der Waals surface area contributed by atoms with E-state index in [9.17, 15) is 5.11 Å². The molecule has 0 unspecified atom stereocenters. The maximum Gasteiger partial charge on any atom is 0.122 e. The van der Waals surface area contributed by atoms with Crippen molar-refractivity contribution in [1.82, 2.24) is 0 Å². The highest BCUT2D eigenvalue weighted by atomic mass is 16.3. The van der Waals surface area contributed by atoms with Gasteiger partial charge in [-0.2, -0.15) is 0 Å². The molecule has 2 N–H and O–H groups in total. The molecule has 2 heteroatoms. The van der Waals surface area contributed by atoms with Crippen molar-refractivity contribution < 1.29 is 10.2 Å². The van der Waals surface area contributed by atoms with Crippen molar-refractivity contribution in [3.8, 4) is 11.5 Å². The first-order valence-electron chi connectivity index (χ1n) is 4.21. The summed E-state index contributed by atoms with van der Waals surface area (Å²) in [6, 6.07) is 3.12. The van der Waals surface area contributed by atoms with Crippen LogP contribution in [0.25, 0.3) is 0 Å². The van der Waals surface area contributed by atoms with Crippen LogP contribution in [0.5, 0.6) is 11.5 Å². The molecule has 1 saturated carbocycles. The van der Waals surface area contributed by atoms with Crippen LogP contribution in [0.1, 0.15) is 29.9 Å². The van der Waals surface area contributed by atoms with Crippen LogP contribution in [0, 0.1) is 6.92 Å². The molecule has 0 aromatic heterocycles. The van der Waals surface area contributed by atoms with Gasteiger partial charge in [-0.25, -0.2) is 0 Å². The van der Waals surface area contributed by atoms with Gasteiger partial charge in [0.05, 0.1) is 0 Å². The molecule has 12 heavy (non-hydrogen) atoms. The third kappa shape index (κ3) is 1.13. The van der Waals surface area contributed by atoms with E-state index in [0.717, 1.165) is 11.1 Å². The SMILES string of the molecule is Cc1cc(O)cc(O)c1C1CC1. The van der Waals surface area contributed by atoms with Crippen LogP contribution < -0.4 is 0 Å². The van der Waals surface area contributed by atoms with Gasteiger partial charge in [0.25, 0.3) is 0 Å². The van der Waals surface area contributed by atoms with Gasteiger partial charge in [0.2, 0.25) is 0 Å². The zero-order valence-electron chi connectivity index (χ0n) is 7.04. The lowest BCUT2D eigenvalue weighted by Crippen LogP contribution is -1.86. The van der Waals surface area contributed by atoms with E-state index in [1.165, 1.54) is 18.9 Å². The highest BCUT2D eigenvalue weighted by Crippen LogP contribution is 2.46. The van der Waals surface area contributed by atoms with Gasteiger partial charge in [-0.15, -0.1) is 0 Å². The van der Waals surface area contributed by atoms with Gasteiger partial charge in [-0.1, -0.05) is 0 Å². The summed E-state index contributed by atoms with van der Waals surface area (Å²) in [5.74, 6) is 0.926. The van der Waals surface area contributed by atoms with Gasteiger partial charge in [0, 0.05) is 11.6 Å². The molecule has 1 aliphatic carbocycles. The van der Waals surface area contributed by atoms with Crippen LogP contribution in [-0.4, -0.2) is 10.2 Å².